The van der Waals surface area contributed by atoms with E-state index in [1.165, 1.54) is 13.2 Å². The zero-order valence-corrected chi connectivity index (χ0v) is 15.6. The van der Waals surface area contributed by atoms with Crippen molar-refractivity contribution >= 4 is 27.3 Å². The lowest BCUT2D eigenvalue weighted by molar-refractivity contribution is -0.141. The lowest BCUT2D eigenvalue weighted by Gasteiger charge is -2.33. The van der Waals surface area contributed by atoms with Crippen molar-refractivity contribution in [2.24, 2.45) is 0 Å². The van der Waals surface area contributed by atoms with Crippen molar-refractivity contribution in [2.75, 3.05) is 13.7 Å². The maximum Gasteiger partial charge on any atom is 0.189 e. The summed E-state index contributed by atoms with van der Waals surface area (Å²) in [5, 5.41) is 63.3. The van der Waals surface area contributed by atoms with Gasteiger partial charge in [-0.15, -0.1) is 0 Å². The Morgan fingerprint density at radius 3 is 2.31 bits per heavy atom. The Labute approximate surface area is 164 Å². The average molecular weight is 400 g/mol. The molecular formula is C21H20O8. The average Bonchev–Trinajstić information content (AvgIpc) is 2.73. The highest BCUT2D eigenvalue weighted by Gasteiger charge is 2.41. The van der Waals surface area contributed by atoms with Gasteiger partial charge < -0.3 is 35.4 Å². The molecule has 8 heteroatoms. The van der Waals surface area contributed by atoms with E-state index in [2.05, 4.69) is 0 Å². The van der Waals surface area contributed by atoms with E-state index in [9.17, 15) is 30.3 Å². The summed E-state index contributed by atoms with van der Waals surface area (Å²) in [5.41, 5.74) is -1.55. The predicted molar refractivity (Wildman–Crippen MR) is 104 cm³/mol. The fraction of sp³-hybridized carbons (Fsp3) is 0.286. The van der Waals surface area contributed by atoms with E-state index in [0.29, 0.717) is 0 Å². The second kappa shape index (κ2) is 6.40. The molecule has 1 atom stereocenters. The number of methoxy groups -OCH3 is 1. The Bertz CT molecular complexity index is 1180. The monoisotopic (exact) mass is 400 g/mol. The van der Waals surface area contributed by atoms with Gasteiger partial charge in [0.25, 0.3) is 0 Å². The maximum atomic E-state index is 12.0. The standard InChI is InChI=1S/C21H20O8/c1-29-12-4-2-3-10-14(12)20(27)16-15(18(10)25)19(26)11-7-21(28,13(23)8-22)6-5-9(11)17(16)24/h2-4,22,24-28H,5-8H2,1H3. The number of fused-ring (bicyclic) bond motifs is 3. The third-order valence-corrected chi connectivity index (χ3v) is 5.79. The van der Waals surface area contributed by atoms with Gasteiger partial charge in [0, 0.05) is 22.9 Å². The van der Waals surface area contributed by atoms with Gasteiger partial charge in [0.1, 0.15) is 41.0 Å². The van der Waals surface area contributed by atoms with Gasteiger partial charge in [0.05, 0.1) is 23.3 Å². The Balaban J connectivity index is 2.12. The van der Waals surface area contributed by atoms with E-state index >= 15 is 0 Å². The molecule has 1 aliphatic rings. The number of phenols is 4. The normalized spacial score (nSPS) is 18.7. The smallest absolute Gasteiger partial charge is 0.189 e. The van der Waals surface area contributed by atoms with Crippen LogP contribution in [0, 0.1) is 0 Å². The molecule has 0 amide bonds. The van der Waals surface area contributed by atoms with E-state index in [1.54, 1.807) is 12.1 Å². The van der Waals surface area contributed by atoms with Crippen LogP contribution in [0.15, 0.2) is 18.2 Å². The van der Waals surface area contributed by atoms with Crippen LogP contribution in [0.5, 0.6) is 28.7 Å². The number of carbonyl (C=O) groups excluding carboxylic acids is 1. The Hall–Kier alpha value is -3.23. The van der Waals surface area contributed by atoms with Crippen molar-refractivity contribution < 1.29 is 40.2 Å². The number of aromatic hydroxyl groups is 4. The molecule has 3 aromatic rings. The van der Waals surface area contributed by atoms with E-state index in [1.807, 2.05) is 0 Å². The molecule has 152 valence electrons. The van der Waals surface area contributed by atoms with Crippen molar-refractivity contribution in [1.29, 1.82) is 0 Å². The Kier molecular flexibility index (Phi) is 4.21. The first-order chi connectivity index (χ1) is 13.7. The Morgan fingerprint density at radius 1 is 1.00 bits per heavy atom. The number of carbonyl (C=O) groups is 1. The molecular weight excluding hydrogens is 380 g/mol. The maximum absolute atomic E-state index is 12.0. The minimum absolute atomic E-state index is 0.0249. The first-order valence-electron chi connectivity index (χ1n) is 9.01. The molecule has 6 N–H and O–H groups in total. The van der Waals surface area contributed by atoms with Gasteiger partial charge in [-0.2, -0.15) is 0 Å². The topological polar surface area (TPSA) is 148 Å². The molecule has 0 spiro atoms. The number of benzene rings is 3. The highest BCUT2D eigenvalue weighted by atomic mass is 16.5. The number of ketones is 1. The first kappa shape index (κ1) is 19.1. The minimum Gasteiger partial charge on any atom is -0.507 e. The van der Waals surface area contributed by atoms with Crippen LogP contribution in [0.1, 0.15) is 17.5 Å². The van der Waals surface area contributed by atoms with E-state index in [4.69, 9.17) is 9.84 Å². The number of Topliss-reactive ketones (excluding diaryl/α,β-unsaturated/α-hetero) is 1. The molecule has 0 aromatic heterocycles. The summed E-state index contributed by atoms with van der Waals surface area (Å²) in [4.78, 5) is 12.0. The van der Waals surface area contributed by atoms with Crippen LogP contribution in [0.25, 0.3) is 21.5 Å². The molecule has 29 heavy (non-hydrogen) atoms. The third-order valence-electron chi connectivity index (χ3n) is 5.79. The molecule has 0 saturated heterocycles. The zero-order valence-electron chi connectivity index (χ0n) is 15.6. The largest absolute Gasteiger partial charge is 0.507 e. The van der Waals surface area contributed by atoms with E-state index in [0.717, 1.165) is 0 Å². The number of phenolic OH excluding ortho intramolecular Hbond substituents is 4. The van der Waals surface area contributed by atoms with Crippen LogP contribution >= 0.6 is 0 Å². The second-order valence-electron chi connectivity index (χ2n) is 7.27. The number of ether oxygens (including phenoxy) is 1. The molecule has 0 saturated carbocycles. The van der Waals surface area contributed by atoms with E-state index in [-0.39, 0.29) is 74.9 Å². The fourth-order valence-corrected chi connectivity index (χ4v) is 4.25. The first-order valence-corrected chi connectivity index (χ1v) is 9.01. The predicted octanol–water partition coefficient (Wildman–Crippen LogP) is 1.61. The van der Waals surface area contributed by atoms with Gasteiger partial charge in [-0.25, -0.2) is 0 Å². The van der Waals surface area contributed by atoms with Crippen LogP contribution in [0.2, 0.25) is 0 Å². The molecule has 4 rings (SSSR count). The van der Waals surface area contributed by atoms with Gasteiger partial charge in [-0.1, -0.05) is 12.1 Å². The summed E-state index contributed by atoms with van der Waals surface area (Å²) in [5.74, 6) is -2.08. The molecule has 3 aromatic carbocycles. The number of hydrogen-bond donors (Lipinski definition) is 6. The summed E-state index contributed by atoms with van der Waals surface area (Å²) in [6.45, 7) is -0.859. The molecule has 0 aliphatic heterocycles. The third kappa shape index (κ3) is 2.49. The van der Waals surface area contributed by atoms with E-state index < -0.39 is 23.7 Å². The van der Waals surface area contributed by atoms with Crippen molar-refractivity contribution in [2.45, 2.75) is 24.9 Å². The van der Waals surface area contributed by atoms with Crippen LogP contribution in [-0.2, 0) is 17.6 Å². The number of hydrogen-bond acceptors (Lipinski definition) is 8. The lowest BCUT2D eigenvalue weighted by Crippen LogP contribution is -2.45. The summed E-state index contributed by atoms with van der Waals surface area (Å²) in [6, 6.07) is 4.71. The molecule has 0 radical (unpaired) electrons. The molecule has 0 bridgehead atoms. The highest BCUT2D eigenvalue weighted by Crippen LogP contribution is 2.54. The summed E-state index contributed by atoms with van der Waals surface area (Å²) < 4.78 is 5.25. The van der Waals surface area contributed by atoms with Crippen LogP contribution < -0.4 is 4.74 Å². The number of aliphatic hydroxyl groups is 2. The quantitative estimate of drug-likeness (QED) is 0.287. The SMILES string of the molecule is COc1cccc2c(O)c3c(O)c4c(c(O)c3c(O)c12)CCC(O)(C(=O)CO)C4. The summed E-state index contributed by atoms with van der Waals surface area (Å²) >= 11 is 0. The van der Waals surface area contributed by atoms with Gasteiger partial charge >= 0.3 is 0 Å². The van der Waals surface area contributed by atoms with Crippen LogP contribution in [0.3, 0.4) is 0 Å². The second-order valence-corrected chi connectivity index (χ2v) is 7.27. The Morgan fingerprint density at radius 2 is 1.66 bits per heavy atom. The van der Waals surface area contributed by atoms with Crippen molar-refractivity contribution in [3.05, 3.63) is 29.3 Å². The van der Waals surface area contributed by atoms with Crippen molar-refractivity contribution in [3.8, 4) is 28.7 Å². The molecule has 8 nitrogen and oxygen atoms in total. The van der Waals surface area contributed by atoms with Gasteiger partial charge in [-0.3, -0.25) is 4.79 Å². The number of rotatable bonds is 3. The van der Waals surface area contributed by atoms with Gasteiger partial charge in [0.15, 0.2) is 5.78 Å². The van der Waals surface area contributed by atoms with Gasteiger partial charge in [-0.05, 0) is 18.9 Å². The van der Waals surface area contributed by atoms with Crippen LogP contribution in [0.4, 0.5) is 0 Å². The molecule has 0 heterocycles. The summed E-state index contributed by atoms with van der Waals surface area (Å²) in [6.07, 6.45) is -0.383. The fourth-order valence-electron chi connectivity index (χ4n) is 4.25. The van der Waals surface area contributed by atoms with Crippen LogP contribution in [-0.4, -0.2) is 55.7 Å². The highest BCUT2D eigenvalue weighted by molar-refractivity contribution is 6.17. The molecule has 1 aliphatic carbocycles. The zero-order chi connectivity index (χ0) is 21.1. The number of aliphatic hydroxyl groups excluding tert-OH is 1. The summed E-state index contributed by atoms with van der Waals surface area (Å²) in [7, 11) is 1.40. The minimum atomic E-state index is -1.89. The molecule has 0 fully saturated rings. The van der Waals surface area contributed by atoms with Crippen molar-refractivity contribution in [3.63, 3.8) is 0 Å². The van der Waals surface area contributed by atoms with Gasteiger partial charge in [0.2, 0.25) is 0 Å². The lowest BCUT2D eigenvalue weighted by atomic mass is 9.76. The van der Waals surface area contributed by atoms with Crippen molar-refractivity contribution in [1.82, 2.24) is 0 Å². The molecule has 1 unspecified atom stereocenters.